The molecule has 0 saturated carbocycles. The van der Waals surface area contributed by atoms with Gasteiger partial charge in [0.15, 0.2) is 5.78 Å². The fraction of sp³-hybridized carbons (Fsp3) is 0.391. The number of benzene rings is 1. The van der Waals surface area contributed by atoms with E-state index >= 15 is 0 Å². The first-order chi connectivity index (χ1) is 13.0. The third-order valence-electron chi connectivity index (χ3n) is 4.26. The van der Waals surface area contributed by atoms with Crippen molar-refractivity contribution in [3.63, 3.8) is 0 Å². The van der Waals surface area contributed by atoms with E-state index in [0.717, 1.165) is 28.1 Å². The lowest BCUT2D eigenvalue weighted by Crippen LogP contribution is -1.96. The molecule has 1 aliphatic rings. The number of aromatic nitrogens is 2. The van der Waals surface area contributed by atoms with Crippen LogP contribution in [-0.4, -0.2) is 16.0 Å². The number of nitrogens with one attached hydrogen (secondary N) is 1. The molecular formula is C23H31FN2O. The first-order valence-electron chi connectivity index (χ1n) is 9.72. The summed E-state index contributed by atoms with van der Waals surface area (Å²) in [6.45, 7) is 14.1. The summed E-state index contributed by atoms with van der Waals surface area (Å²) < 4.78 is 13.0. The smallest absolute Gasteiger partial charge is 0.185 e. The largest absolute Gasteiger partial charge is 0.289 e. The van der Waals surface area contributed by atoms with Gasteiger partial charge in [-0.1, -0.05) is 47.1 Å². The number of Topliss-reactive ketones (excluding diaryl/α,β-unsaturated/α-hetero) is 1. The summed E-state index contributed by atoms with van der Waals surface area (Å²) in [5.41, 5.74) is 5.22. The molecule has 0 saturated heterocycles. The molecule has 1 aromatic carbocycles. The number of H-pyrrole nitrogens is 1. The fourth-order valence-electron chi connectivity index (χ4n) is 2.93. The van der Waals surface area contributed by atoms with Crippen LogP contribution in [-0.2, 0) is 4.79 Å². The molecule has 27 heavy (non-hydrogen) atoms. The number of aromatic amines is 1. The topological polar surface area (TPSA) is 45.8 Å². The third kappa shape index (κ3) is 5.49. The molecule has 1 heterocycles. The van der Waals surface area contributed by atoms with Crippen LogP contribution in [0, 0.1) is 11.7 Å². The highest BCUT2D eigenvalue weighted by Crippen LogP contribution is 2.33. The maximum atomic E-state index is 13.0. The quantitative estimate of drug-likeness (QED) is 0.619. The highest BCUT2D eigenvalue weighted by Gasteiger charge is 2.26. The minimum absolute atomic E-state index is 0.117. The Labute approximate surface area is 162 Å². The molecule has 0 unspecified atom stereocenters. The second kappa shape index (κ2) is 10.6. The van der Waals surface area contributed by atoms with Crippen LogP contribution in [0.1, 0.15) is 60.6 Å². The van der Waals surface area contributed by atoms with Crippen LogP contribution in [0.5, 0.6) is 0 Å². The molecular weight excluding hydrogens is 339 g/mol. The lowest BCUT2D eigenvalue weighted by Gasteiger charge is -2.05. The summed E-state index contributed by atoms with van der Waals surface area (Å²) >= 11 is 0. The van der Waals surface area contributed by atoms with Gasteiger partial charge in [-0.2, -0.15) is 5.10 Å². The predicted octanol–water partition coefficient (Wildman–Crippen LogP) is 6.60. The number of hydrogen-bond acceptors (Lipinski definition) is 2. The monoisotopic (exact) mass is 370 g/mol. The molecule has 1 N–H and O–H groups in total. The number of carbonyl (C=O) groups is 1. The lowest BCUT2D eigenvalue weighted by atomic mass is 9.99. The zero-order chi connectivity index (χ0) is 20.6. The van der Waals surface area contributed by atoms with Gasteiger partial charge in [0.1, 0.15) is 5.82 Å². The van der Waals surface area contributed by atoms with Gasteiger partial charge in [-0.3, -0.25) is 9.89 Å². The average molecular weight is 371 g/mol. The molecule has 4 heteroatoms. The SMILES string of the molecule is CC.CC.CC1=C(C(C)C)C/C(=C\c2cc(-c3ccc(F)cc3)n[nH]2)C1=O. The Morgan fingerprint density at radius 3 is 2.22 bits per heavy atom. The van der Waals surface area contributed by atoms with Gasteiger partial charge in [-0.15, -0.1) is 0 Å². The lowest BCUT2D eigenvalue weighted by molar-refractivity contribution is -0.111. The molecule has 3 nitrogen and oxygen atoms in total. The van der Waals surface area contributed by atoms with Crippen molar-refractivity contribution in [3.8, 4) is 11.3 Å². The second-order valence-corrected chi connectivity index (χ2v) is 6.20. The van der Waals surface area contributed by atoms with Crippen LogP contribution >= 0.6 is 0 Å². The van der Waals surface area contributed by atoms with E-state index in [0.29, 0.717) is 12.3 Å². The number of nitrogens with zero attached hydrogens (tertiary/aromatic N) is 1. The maximum Gasteiger partial charge on any atom is 0.185 e. The molecule has 2 aromatic rings. The zero-order valence-electron chi connectivity index (χ0n) is 17.5. The van der Waals surface area contributed by atoms with Crippen molar-refractivity contribution >= 4 is 11.9 Å². The molecule has 3 rings (SSSR count). The van der Waals surface area contributed by atoms with Crippen LogP contribution in [0.4, 0.5) is 4.39 Å². The number of allylic oxidation sites excluding steroid dienone is 3. The van der Waals surface area contributed by atoms with Crippen LogP contribution in [0.3, 0.4) is 0 Å². The van der Waals surface area contributed by atoms with Gasteiger partial charge in [0.2, 0.25) is 0 Å². The Morgan fingerprint density at radius 1 is 1.11 bits per heavy atom. The summed E-state index contributed by atoms with van der Waals surface area (Å²) in [4.78, 5) is 12.3. The number of hydrogen-bond donors (Lipinski definition) is 1. The van der Waals surface area contributed by atoms with E-state index in [1.165, 1.54) is 17.7 Å². The van der Waals surface area contributed by atoms with Gasteiger partial charge in [-0.05, 0) is 61.2 Å². The minimum atomic E-state index is -0.272. The van der Waals surface area contributed by atoms with E-state index in [9.17, 15) is 9.18 Å². The van der Waals surface area contributed by atoms with E-state index in [2.05, 4.69) is 24.0 Å². The summed E-state index contributed by atoms with van der Waals surface area (Å²) in [6, 6.07) is 8.06. The Hall–Kier alpha value is -2.49. The molecule has 146 valence electrons. The van der Waals surface area contributed by atoms with Gasteiger partial charge in [0.25, 0.3) is 0 Å². The van der Waals surface area contributed by atoms with E-state index in [-0.39, 0.29) is 11.6 Å². The van der Waals surface area contributed by atoms with Crippen molar-refractivity contribution in [1.29, 1.82) is 0 Å². The van der Waals surface area contributed by atoms with E-state index in [4.69, 9.17) is 0 Å². The minimum Gasteiger partial charge on any atom is -0.289 e. The van der Waals surface area contributed by atoms with E-state index in [1.807, 2.05) is 46.8 Å². The molecule has 0 atom stereocenters. The van der Waals surface area contributed by atoms with Crippen molar-refractivity contribution in [2.75, 3.05) is 0 Å². The molecule has 1 aromatic heterocycles. The molecule has 0 radical (unpaired) electrons. The summed E-state index contributed by atoms with van der Waals surface area (Å²) in [5.74, 6) is 0.221. The summed E-state index contributed by atoms with van der Waals surface area (Å²) in [7, 11) is 0. The van der Waals surface area contributed by atoms with Crippen LogP contribution in [0.25, 0.3) is 17.3 Å². The Morgan fingerprint density at radius 2 is 1.70 bits per heavy atom. The van der Waals surface area contributed by atoms with Crippen molar-refractivity contribution < 1.29 is 9.18 Å². The maximum absolute atomic E-state index is 13.0. The average Bonchev–Trinajstić information content (AvgIpc) is 3.26. The van der Waals surface area contributed by atoms with Gasteiger partial charge < -0.3 is 0 Å². The number of rotatable bonds is 3. The fourth-order valence-corrected chi connectivity index (χ4v) is 2.93. The number of halogens is 1. The van der Waals surface area contributed by atoms with Gasteiger partial charge >= 0.3 is 0 Å². The molecule has 0 spiro atoms. The van der Waals surface area contributed by atoms with Gasteiger partial charge in [0.05, 0.1) is 11.4 Å². The van der Waals surface area contributed by atoms with Crippen LogP contribution in [0.15, 0.2) is 47.1 Å². The van der Waals surface area contributed by atoms with Crippen molar-refractivity contribution in [2.24, 2.45) is 5.92 Å². The van der Waals surface area contributed by atoms with E-state index in [1.54, 1.807) is 12.1 Å². The van der Waals surface area contributed by atoms with Crippen molar-refractivity contribution in [1.82, 2.24) is 10.2 Å². The Bertz CT molecular complexity index is 811. The first kappa shape index (κ1) is 22.6. The predicted molar refractivity (Wildman–Crippen MR) is 112 cm³/mol. The number of ketones is 1. The van der Waals surface area contributed by atoms with Crippen molar-refractivity contribution in [3.05, 3.63) is 58.6 Å². The first-order valence-corrected chi connectivity index (χ1v) is 9.72. The van der Waals surface area contributed by atoms with Crippen LogP contribution < -0.4 is 0 Å². The molecule has 0 bridgehead atoms. The van der Waals surface area contributed by atoms with E-state index < -0.39 is 0 Å². The third-order valence-corrected chi connectivity index (χ3v) is 4.26. The second-order valence-electron chi connectivity index (χ2n) is 6.20. The molecule has 0 amide bonds. The summed E-state index contributed by atoms with van der Waals surface area (Å²) in [6.07, 6.45) is 2.56. The number of carbonyl (C=O) groups excluding carboxylic acids is 1. The van der Waals surface area contributed by atoms with Crippen LogP contribution in [0.2, 0.25) is 0 Å². The molecule has 1 aliphatic carbocycles. The highest BCUT2D eigenvalue weighted by atomic mass is 19.1. The van der Waals surface area contributed by atoms with Crippen molar-refractivity contribution in [2.45, 2.75) is 54.9 Å². The van der Waals surface area contributed by atoms with Gasteiger partial charge in [-0.25, -0.2) is 4.39 Å². The summed E-state index contributed by atoms with van der Waals surface area (Å²) in [5, 5.41) is 7.17. The highest BCUT2D eigenvalue weighted by molar-refractivity contribution is 6.14. The Balaban J connectivity index is 0.000000855. The standard InChI is InChI=1S/C19H19FN2O.2C2H6/c1-11(2)17-9-14(19(23)12(17)3)8-16-10-18(22-21-16)13-4-6-15(20)7-5-13;2*1-2/h4-8,10-11H,9H2,1-3H3,(H,21,22);2*1-2H3/b14-8+;;. The zero-order valence-corrected chi connectivity index (χ0v) is 17.5. The molecule has 0 aliphatic heterocycles. The normalized spacial score (nSPS) is 14.9. The molecule has 0 fully saturated rings. The Kier molecular flexibility index (Phi) is 8.86. The van der Waals surface area contributed by atoms with Gasteiger partial charge in [0, 0.05) is 11.1 Å².